The van der Waals surface area contributed by atoms with E-state index in [-0.39, 0.29) is 12.6 Å². The van der Waals surface area contributed by atoms with Crippen LogP contribution in [0.25, 0.3) is 0 Å². The van der Waals surface area contributed by atoms with Gasteiger partial charge in [-0.25, -0.2) is 0 Å². The Hall–Kier alpha value is -0.570. The molecule has 0 aromatic heterocycles. The van der Waals surface area contributed by atoms with Crippen LogP contribution in [0.5, 0.6) is 0 Å². The van der Waals surface area contributed by atoms with Gasteiger partial charge < -0.3 is 16.1 Å². The molecule has 0 aromatic rings. The summed E-state index contributed by atoms with van der Waals surface area (Å²) in [5.74, 6) is -0.932. The molecule has 0 rings (SSSR count). The minimum Gasteiger partial charge on any atom is -0.550 e. The second kappa shape index (κ2) is 63.0. The zero-order valence-electron chi connectivity index (χ0n) is 16.0. The summed E-state index contributed by atoms with van der Waals surface area (Å²) < 4.78 is 0. The topological polar surface area (TPSA) is 75.1 Å². The molecule has 0 aliphatic rings. The Balaban J connectivity index is -0.0000000347. The van der Waals surface area contributed by atoms with Crippen LogP contribution in [0.3, 0.4) is 0 Å². The minimum atomic E-state index is -0.932. The Bertz CT molecular complexity index is 102. The molecule has 0 amide bonds. The molecule has 0 saturated carbocycles. The second-order valence-electron chi connectivity index (χ2n) is 3.95. The molecular formula is C17H44NO2-. The number of carboxylic acid groups (broad SMARTS) is 1. The van der Waals surface area contributed by atoms with Gasteiger partial charge in [-0.2, -0.15) is 0 Å². The third-order valence-electron chi connectivity index (χ3n) is 0.984. The SMILES string of the molecule is CC.CCC.CCC.CCC.CCCCCC(=O)[O-].N. The fourth-order valence-corrected chi connectivity index (χ4v) is 0.519. The number of unbranched alkanes of at least 4 members (excludes halogenated alkanes) is 2. The summed E-state index contributed by atoms with van der Waals surface area (Å²) in [6.45, 7) is 18.8. The molecular weight excluding hydrogens is 250 g/mol. The van der Waals surface area contributed by atoms with Gasteiger partial charge in [0.1, 0.15) is 0 Å². The number of rotatable bonds is 4. The van der Waals surface area contributed by atoms with Crippen LogP contribution in [-0.4, -0.2) is 5.97 Å². The van der Waals surface area contributed by atoms with E-state index >= 15 is 0 Å². The molecule has 3 heteroatoms. The average Bonchev–Trinajstić information content (AvgIpc) is 2.34. The molecule has 0 heterocycles. The highest BCUT2D eigenvalue weighted by Crippen LogP contribution is 1.96. The summed E-state index contributed by atoms with van der Waals surface area (Å²) in [6.07, 6.45) is 6.79. The molecule has 0 fully saturated rings. The van der Waals surface area contributed by atoms with Crippen LogP contribution in [0.2, 0.25) is 0 Å². The van der Waals surface area contributed by atoms with Crippen LogP contribution >= 0.6 is 0 Å². The van der Waals surface area contributed by atoms with Gasteiger partial charge in [-0.15, -0.1) is 0 Å². The molecule has 20 heavy (non-hydrogen) atoms. The zero-order chi connectivity index (χ0) is 16.5. The average molecular weight is 295 g/mol. The standard InChI is InChI=1S/C6H12O2.3C3H8.C2H6.H3N/c1-2-3-4-5-6(7)8;3*1-3-2;1-2;/h2-5H2,1H3,(H,7,8);3*3H2,1-2H3;1-2H3;1H3/p-1. The first-order chi connectivity index (χ1) is 9.01. The highest BCUT2D eigenvalue weighted by molar-refractivity contribution is 5.63. The van der Waals surface area contributed by atoms with E-state index in [2.05, 4.69) is 41.5 Å². The van der Waals surface area contributed by atoms with Gasteiger partial charge in [-0.05, 0) is 12.8 Å². The maximum atomic E-state index is 9.76. The van der Waals surface area contributed by atoms with Gasteiger partial charge in [-0.3, -0.25) is 0 Å². The summed E-state index contributed by atoms with van der Waals surface area (Å²) in [6, 6.07) is 0. The van der Waals surface area contributed by atoms with E-state index in [1.54, 1.807) is 0 Å². The maximum Gasteiger partial charge on any atom is 0.0414 e. The summed E-state index contributed by atoms with van der Waals surface area (Å²) in [4.78, 5) is 9.76. The lowest BCUT2D eigenvalue weighted by molar-refractivity contribution is -0.305. The summed E-state index contributed by atoms with van der Waals surface area (Å²) in [7, 11) is 0. The van der Waals surface area contributed by atoms with E-state index in [9.17, 15) is 9.90 Å². The molecule has 0 aliphatic carbocycles. The molecule has 0 aromatic carbocycles. The number of aliphatic carboxylic acids is 1. The first-order valence-corrected chi connectivity index (χ1v) is 8.21. The fourth-order valence-electron chi connectivity index (χ4n) is 0.519. The van der Waals surface area contributed by atoms with Crippen LogP contribution in [0, 0.1) is 0 Å². The maximum absolute atomic E-state index is 9.76. The van der Waals surface area contributed by atoms with Crippen LogP contribution in [0.4, 0.5) is 0 Å². The molecule has 0 spiro atoms. The van der Waals surface area contributed by atoms with Crippen molar-refractivity contribution in [3.8, 4) is 0 Å². The van der Waals surface area contributed by atoms with E-state index in [1.807, 2.05) is 20.8 Å². The quantitative estimate of drug-likeness (QED) is 0.670. The Kier molecular flexibility index (Phi) is 115. The molecule has 0 atom stereocenters. The molecule has 3 nitrogen and oxygen atoms in total. The summed E-state index contributed by atoms with van der Waals surface area (Å²) in [5, 5.41) is 9.76. The van der Waals surface area contributed by atoms with Crippen molar-refractivity contribution in [3.63, 3.8) is 0 Å². The van der Waals surface area contributed by atoms with Crippen LogP contribution < -0.4 is 11.3 Å². The van der Waals surface area contributed by atoms with Gasteiger partial charge in [0.25, 0.3) is 0 Å². The first kappa shape index (κ1) is 36.6. The van der Waals surface area contributed by atoms with Crippen LogP contribution in [-0.2, 0) is 4.79 Å². The first-order valence-electron chi connectivity index (χ1n) is 8.21. The zero-order valence-corrected chi connectivity index (χ0v) is 16.0. The Labute approximate surface area is 130 Å². The Morgan fingerprint density at radius 2 is 1.00 bits per heavy atom. The normalized spacial score (nSPS) is 6.65. The highest BCUT2D eigenvalue weighted by atomic mass is 16.4. The molecule has 130 valence electrons. The molecule has 3 N–H and O–H groups in total. The van der Waals surface area contributed by atoms with Crippen LogP contribution in [0.15, 0.2) is 0 Å². The number of carbonyl (C=O) groups excluding carboxylic acids is 1. The van der Waals surface area contributed by atoms with Crippen molar-refractivity contribution in [1.82, 2.24) is 6.15 Å². The van der Waals surface area contributed by atoms with Crippen molar-refractivity contribution in [2.75, 3.05) is 0 Å². The molecule has 0 bridgehead atoms. The number of carbonyl (C=O) groups is 1. The van der Waals surface area contributed by atoms with E-state index in [0.29, 0.717) is 0 Å². The molecule has 0 saturated heterocycles. The van der Waals surface area contributed by atoms with Crippen LogP contribution in [0.1, 0.15) is 107 Å². The van der Waals surface area contributed by atoms with Crippen molar-refractivity contribution in [1.29, 1.82) is 0 Å². The van der Waals surface area contributed by atoms with Crippen molar-refractivity contribution >= 4 is 5.97 Å². The Morgan fingerprint density at radius 1 is 0.750 bits per heavy atom. The van der Waals surface area contributed by atoms with E-state index in [1.165, 1.54) is 19.3 Å². The monoisotopic (exact) mass is 294 g/mol. The predicted molar refractivity (Wildman–Crippen MR) is 93.4 cm³/mol. The second-order valence-corrected chi connectivity index (χ2v) is 3.95. The summed E-state index contributed by atoms with van der Waals surface area (Å²) >= 11 is 0. The van der Waals surface area contributed by atoms with Crippen molar-refractivity contribution in [3.05, 3.63) is 0 Å². The predicted octanol–water partition coefficient (Wildman–Crippen LogP) is 5.75. The van der Waals surface area contributed by atoms with Gasteiger partial charge in [0, 0.05) is 5.97 Å². The van der Waals surface area contributed by atoms with Gasteiger partial charge >= 0.3 is 0 Å². The lowest BCUT2D eigenvalue weighted by Crippen LogP contribution is -2.21. The number of hydrogen-bond acceptors (Lipinski definition) is 3. The van der Waals surface area contributed by atoms with Gasteiger partial charge in [0.15, 0.2) is 0 Å². The lowest BCUT2D eigenvalue weighted by atomic mass is 10.2. The summed E-state index contributed by atoms with van der Waals surface area (Å²) in [5.41, 5.74) is 0. The third-order valence-corrected chi connectivity index (χ3v) is 0.984. The van der Waals surface area contributed by atoms with E-state index in [4.69, 9.17) is 0 Å². The van der Waals surface area contributed by atoms with Crippen molar-refractivity contribution in [2.45, 2.75) is 107 Å². The number of hydrogen-bond donors (Lipinski definition) is 1. The Morgan fingerprint density at radius 3 is 1.15 bits per heavy atom. The fraction of sp³-hybridized carbons (Fsp3) is 0.941. The van der Waals surface area contributed by atoms with E-state index in [0.717, 1.165) is 19.3 Å². The van der Waals surface area contributed by atoms with Crippen molar-refractivity contribution in [2.24, 2.45) is 0 Å². The van der Waals surface area contributed by atoms with Gasteiger partial charge in [0.05, 0.1) is 0 Å². The highest BCUT2D eigenvalue weighted by Gasteiger charge is 1.84. The minimum absolute atomic E-state index is 0. The lowest BCUT2D eigenvalue weighted by Gasteiger charge is -1.97. The third kappa shape index (κ3) is 240. The molecule has 0 radical (unpaired) electrons. The van der Waals surface area contributed by atoms with Gasteiger partial charge in [-0.1, -0.05) is 94.4 Å². The smallest absolute Gasteiger partial charge is 0.0414 e. The largest absolute Gasteiger partial charge is 0.550 e. The van der Waals surface area contributed by atoms with Crippen molar-refractivity contribution < 1.29 is 9.90 Å². The molecule has 0 unspecified atom stereocenters. The molecule has 0 aliphatic heterocycles. The number of carboxylic acids is 1. The van der Waals surface area contributed by atoms with E-state index < -0.39 is 5.97 Å². The van der Waals surface area contributed by atoms with Gasteiger partial charge in [0.2, 0.25) is 0 Å².